The molecule has 0 heterocycles. The van der Waals surface area contributed by atoms with Gasteiger partial charge in [0, 0.05) is 26.2 Å². The van der Waals surface area contributed by atoms with Crippen molar-refractivity contribution in [3.63, 3.8) is 0 Å². The van der Waals surface area contributed by atoms with Gasteiger partial charge in [-0.1, -0.05) is 0 Å². The molecule has 8 heteroatoms. The summed E-state index contributed by atoms with van der Waals surface area (Å²) in [5.41, 5.74) is 0. The molecule has 0 aromatic carbocycles. The van der Waals surface area contributed by atoms with Gasteiger partial charge in [0.05, 0.1) is 6.61 Å². The smallest absolute Gasteiger partial charge is 0.335 e. The number of carboxylic acids is 1. The summed E-state index contributed by atoms with van der Waals surface area (Å²) >= 11 is 0. The second-order valence-electron chi connectivity index (χ2n) is 2.51. The molecular weight excluding hydrogens is 275 g/mol. The van der Waals surface area contributed by atoms with Crippen molar-refractivity contribution >= 4 is 5.97 Å². The van der Waals surface area contributed by atoms with Gasteiger partial charge in [-0.25, -0.2) is 4.79 Å². The van der Waals surface area contributed by atoms with Gasteiger partial charge in [-0.3, -0.25) is 0 Å². The van der Waals surface area contributed by atoms with Crippen LogP contribution >= 0.6 is 0 Å². The standard InChI is InChI=1S/C6H12O7.Zr/c7-1-2(8)3(9)4(10)5(11)6(12)13;/h2-5,7-11H,1H2,(H,12,13);. The Balaban J connectivity index is 0. The van der Waals surface area contributed by atoms with E-state index in [1.807, 2.05) is 0 Å². The van der Waals surface area contributed by atoms with E-state index in [2.05, 4.69) is 0 Å². The van der Waals surface area contributed by atoms with Gasteiger partial charge in [0.1, 0.15) is 18.3 Å². The quantitative estimate of drug-likeness (QED) is 0.308. The van der Waals surface area contributed by atoms with Gasteiger partial charge < -0.3 is 30.6 Å². The molecule has 0 saturated heterocycles. The average Bonchev–Trinajstić information content (AvgIpc) is 2.12. The fraction of sp³-hybridized carbons (Fsp3) is 0.833. The Morgan fingerprint density at radius 2 is 1.50 bits per heavy atom. The van der Waals surface area contributed by atoms with Crippen LogP contribution in [0.5, 0.6) is 0 Å². The number of hydrogen-bond donors (Lipinski definition) is 6. The van der Waals surface area contributed by atoms with Crippen LogP contribution in [-0.4, -0.2) is 67.6 Å². The van der Waals surface area contributed by atoms with Gasteiger partial charge in [-0.15, -0.1) is 0 Å². The van der Waals surface area contributed by atoms with E-state index < -0.39 is 37.0 Å². The van der Waals surface area contributed by atoms with Crippen LogP contribution in [0.3, 0.4) is 0 Å². The molecule has 0 aromatic heterocycles. The minimum Gasteiger partial charge on any atom is -0.479 e. The van der Waals surface area contributed by atoms with E-state index in [-0.39, 0.29) is 26.2 Å². The molecule has 4 unspecified atom stereocenters. The number of rotatable bonds is 5. The Hall–Kier alpha value is 0.153. The first-order valence-electron chi connectivity index (χ1n) is 3.47. The summed E-state index contributed by atoms with van der Waals surface area (Å²) in [6.45, 7) is -0.843. The maximum Gasteiger partial charge on any atom is 0.335 e. The van der Waals surface area contributed by atoms with Crippen molar-refractivity contribution in [2.24, 2.45) is 0 Å². The van der Waals surface area contributed by atoms with Gasteiger partial charge in [-0.05, 0) is 0 Å². The van der Waals surface area contributed by atoms with Gasteiger partial charge in [0.2, 0.25) is 0 Å². The van der Waals surface area contributed by atoms with E-state index >= 15 is 0 Å². The molecule has 7 nitrogen and oxygen atoms in total. The van der Waals surface area contributed by atoms with E-state index in [1.165, 1.54) is 0 Å². The van der Waals surface area contributed by atoms with Crippen LogP contribution in [0.4, 0.5) is 0 Å². The van der Waals surface area contributed by atoms with Crippen molar-refractivity contribution in [1.29, 1.82) is 0 Å². The van der Waals surface area contributed by atoms with E-state index in [0.29, 0.717) is 0 Å². The maximum atomic E-state index is 10.1. The molecule has 0 radical (unpaired) electrons. The fourth-order valence-electron chi connectivity index (χ4n) is 0.668. The van der Waals surface area contributed by atoms with Crippen LogP contribution in [0, 0.1) is 0 Å². The number of hydrogen-bond acceptors (Lipinski definition) is 6. The van der Waals surface area contributed by atoms with E-state index in [4.69, 9.17) is 30.6 Å². The first-order chi connectivity index (χ1) is 5.91. The topological polar surface area (TPSA) is 138 Å². The molecule has 4 atom stereocenters. The van der Waals surface area contributed by atoms with Crippen molar-refractivity contribution < 1.29 is 61.6 Å². The molecule has 0 aliphatic carbocycles. The predicted octanol–water partition coefficient (Wildman–Crippen LogP) is -3.50. The summed E-state index contributed by atoms with van der Waals surface area (Å²) in [6, 6.07) is 0. The SMILES string of the molecule is O=C(O)C(O)C(O)C(O)C(O)CO.[Zr]. The summed E-state index contributed by atoms with van der Waals surface area (Å²) in [7, 11) is 0. The molecule has 0 aliphatic heterocycles. The third kappa shape index (κ3) is 4.59. The normalized spacial score (nSPS) is 18.9. The monoisotopic (exact) mass is 286 g/mol. The molecule has 0 saturated carbocycles. The van der Waals surface area contributed by atoms with Gasteiger partial charge >= 0.3 is 5.97 Å². The Morgan fingerprint density at radius 3 is 1.79 bits per heavy atom. The summed E-state index contributed by atoms with van der Waals surface area (Å²) in [5.74, 6) is -1.73. The molecule has 0 aliphatic rings. The Kier molecular flexibility index (Phi) is 8.82. The second-order valence-corrected chi connectivity index (χ2v) is 2.51. The number of aliphatic hydroxyl groups is 5. The maximum absolute atomic E-state index is 10.1. The summed E-state index contributed by atoms with van der Waals surface area (Å²) in [6.07, 6.45) is -7.84. The number of carbonyl (C=O) groups is 1. The van der Waals surface area contributed by atoms with Crippen molar-refractivity contribution in [2.75, 3.05) is 6.61 Å². The molecular formula is C6H12O7Zr. The summed E-state index contributed by atoms with van der Waals surface area (Å²) in [5, 5.41) is 51.8. The zero-order chi connectivity index (χ0) is 10.6. The van der Waals surface area contributed by atoms with E-state index in [9.17, 15) is 4.79 Å². The molecule has 0 amide bonds. The molecule has 82 valence electrons. The molecule has 0 rings (SSSR count). The first kappa shape index (κ1) is 16.6. The second kappa shape index (κ2) is 7.45. The molecule has 6 N–H and O–H groups in total. The minimum atomic E-state index is -2.20. The van der Waals surface area contributed by atoms with Crippen LogP contribution in [0.2, 0.25) is 0 Å². The Morgan fingerprint density at radius 1 is 1.07 bits per heavy atom. The van der Waals surface area contributed by atoms with Crippen LogP contribution < -0.4 is 0 Å². The van der Waals surface area contributed by atoms with Crippen LogP contribution in [-0.2, 0) is 31.0 Å². The van der Waals surface area contributed by atoms with Crippen LogP contribution in [0.15, 0.2) is 0 Å². The van der Waals surface area contributed by atoms with Gasteiger partial charge in [-0.2, -0.15) is 0 Å². The average molecular weight is 287 g/mol. The van der Waals surface area contributed by atoms with Gasteiger partial charge in [0.15, 0.2) is 6.10 Å². The zero-order valence-electron chi connectivity index (χ0n) is 7.11. The zero-order valence-corrected chi connectivity index (χ0v) is 9.57. The summed E-state index contributed by atoms with van der Waals surface area (Å²) in [4.78, 5) is 10.1. The third-order valence-electron chi connectivity index (χ3n) is 1.51. The van der Waals surface area contributed by atoms with Crippen LogP contribution in [0.25, 0.3) is 0 Å². The van der Waals surface area contributed by atoms with E-state index in [0.717, 1.165) is 0 Å². The largest absolute Gasteiger partial charge is 0.479 e. The minimum absolute atomic E-state index is 0. The molecule has 0 fully saturated rings. The van der Waals surface area contributed by atoms with Crippen molar-refractivity contribution in [3.05, 3.63) is 0 Å². The Labute approximate surface area is 98.7 Å². The first-order valence-corrected chi connectivity index (χ1v) is 3.47. The number of aliphatic carboxylic acids is 1. The van der Waals surface area contributed by atoms with Crippen molar-refractivity contribution in [1.82, 2.24) is 0 Å². The van der Waals surface area contributed by atoms with E-state index in [1.54, 1.807) is 0 Å². The summed E-state index contributed by atoms with van der Waals surface area (Å²) < 4.78 is 0. The van der Waals surface area contributed by atoms with Crippen molar-refractivity contribution in [2.45, 2.75) is 24.4 Å². The molecule has 14 heavy (non-hydrogen) atoms. The number of aliphatic hydroxyl groups excluding tert-OH is 5. The fourth-order valence-corrected chi connectivity index (χ4v) is 0.668. The van der Waals surface area contributed by atoms with Crippen LogP contribution in [0.1, 0.15) is 0 Å². The van der Waals surface area contributed by atoms with Crippen molar-refractivity contribution in [3.8, 4) is 0 Å². The predicted molar refractivity (Wildman–Crippen MR) is 38.7 cm³/mol. The number of carboxylic acid groups (broad SMARTS) is 1. The molecule has 0 spiro atoms. The van der Waals surface area contributed by atoms with Gasteiger partial charge in [0.25, 0.3) is 0 Å². The third-order valence-corrected chi connectivity index (χ3v) is 1.51. The molecule has 0 bridgehead atoms. The Bertz CT molecular complexity index is 176. The molecule has 0 aromatic rings.